The minimum atomic E-state index is -1.10. The first-order valence-electron chi connectivity index (χ1n) is 12.2. The number of aromatic carboxylic acids is 1. The number of fused-ring (bicyclic) bond motifs is 4. The Labute approximate surface area is 196 Å². The summed E-state index contributed by atoms with van der Waals surface area (Å²) in [5, 5.41) is 13.1. The van der Waals surface area contributed by atoms with Gasteiger partial charge in [-0.2, -0.15) is 0 Å². The van der Waals surface area contributed by atoms with E-state index in [0.29, 0.717) is 42.8 Å². The maximum atomic E-state index is 13.1. The number of carbonyl (C=O) groups is 1. The summed E-state index contributed by atoms with van der Waals surface area (Å²) in [5.74, 6) is -0.408. The molecule has 2 bridgehead atoms. The third-order valence-electron chi connectivity index (χ3n) is 7.99. The van der Waals surface area contributed by atoms with Gasteiger partial charge in [-0.05, 0) is 63.2 Å². The molecule has 3 saturated carbocycles. The molecule has 6 rings (SSSR count). The first-order valence-corrected chi connectivity index (χ1v) is 12.2. The van der Waals surface area contributed by atoms with Gasteiger partial charge in [-0.15, -0.1) is 0 Å². The molecule has 10 heteroatoms. The number of H-pyrrole nitrogens is 1. The van der Waals surface area contributed by atoms with Gasteiger partial charge in [-0.3, -0.25) is 13.9 Å². The van der Waals surface area contributed by atoms with E-state index in [0.717, 1.165) is 50.8 Å². The molecule has 10 nitrogen and oxygen atoms in total. The zero-order chi connectivity index (χ0) is 24.1. The van der Waals surface area contributed by atoms with Gasteiger partial charge in [-0.25, -0.2) is 14.6 Å². The highest BCUT2D eigenvalue weighted by molar-refractivity contribution is 5.84. The number of imidazole rings is 1. The molecule has 3 fully saturated rings. The van der Waals surface area contributed by atoms with Gasteiger partial charge in [0.05, 0.1) is 5.69 Å². The Morgan fingerprint density at radius 2 is 1.74 bits per heavy atom. The van der Waals surface area contributed by atoms with Crippen molar-refractivity contribution in [2.75, 3.05) is 0 Å². The SMILES string of the molecule is CCCn1c(=O)c2nc(C34CCC(Cc5cc(C(=O)O)on5)(CC3)CC4)[nH]c2n(CCC)c1=O. The highest BCUT2D eigenvalue weighted by Crippen LogP contribution is 2.58. The minimum Gasteiger partial charge on any atom is -0.475 e. The molecule has 182 valence electrons. The van der Waals surface area contributed by atoms with E-state index in [1.165, 1.54) is 10.6 Å². The Morgan fingerprint density at radius 3 is 2.32 bits per heavy atom. The largest absolute Gasteiger partial charge is 0.475 e. The van der Waals surface area contributed by atoms with Gasteiger partial charge in [-0.1, -0.05) is 19.0 Å². The van der Waals surface area contributed by atoms with Gasteiger partial charge in [0, 0.05) is 24.6 Å². The van der Waals surface area contributed by atoms with Crippen LogP contribution in [0.4, 0.5) is 0 Å². The quantitative estimate of drug-likeness (QED) is 0.517. The van der Waals surface area contributed by atoms with E-state index in [4.69, 9.17) is 14.6 Å². The predicted octanol–water partition coefficient (Wildman–Crippen LogP) is 3.23. The summed E-state index contributed by atoms with van der Waals surface area (Å²) >= 11 is 0. The average Bonchev–Trinajstić information content (AvgIpc) is 3.49. The van der Waals surface area contributed by atoms with Gasteiger partial charge in [0.15, 0.2) is 5.52 Å². The van der Waals surface area contributed by atoms with Crippen molar-refractivity contribution in [3.8, 4) is 0 Å². The summed E-state index contributed by atoms with van der Waals surface area (Å²) in [6, 6.07) is 1.53. The van der Waals surface area contributed by atoms with Crippen molar-refractivity contribution < 1.29 is 14.4 Å². The summed E-state index contributed by atoms with van der Waals surface area (Å²) in [7, 11) is 0. The second-order valence-electron chi connectivity index (χ2n) is 10.1. The van der Waals surface area contributed by atoms with Crippen LogP contribution in [0.15, 0.2) is 20.2 Å². The second kappa shape index (κ2) is 8.25. The molecule has 3 heterocycles. The number of aromatic amines is 1. The average molecular weight is 470 g/mol. The number of nitrogens with one attached hydrogen (secondary N) is 1. The van der Waals surface area contributed by atoms with E-state index in [9.17, 15) is 14.4 Å². The van der Waals surface area contributed by atoms with Gasteiger partial charge in [0.2, 0.25) is 5.76 Å². The van der Waals surface area contributed by atoms with Gasteiger partial charge >= 0.3 is 11.7 Å². The van der Waals surface area contributed by atoms with Crippen LogP contribution in [0.1, 0.15) is 87.3 Å². The summed E-state index contributed by atoms with van der Waals surface area (Å²) in [5.41, 5.74) is 0.958. The van der Waals surface area contributed by atoms with E-state index in [1.807, 2.05) is 13.8 Å². The highest BCUT2D eigenvalue weighted by atomic mass is 16.5. The van der Waals surface area contributed by atoms with Crippen LogP contribution < -0.4 is 11.2 Å². The molecular formula is C24H31N5O5. The third kappa shape index (κ3) is 3.50. The van der Waals surface area contributed by atoms with Crippen LogP contribution >= 0.6 is 0 Å². The van der Waals surface area contributed by atoms with Crippen LogP contribution in [-0.4, -0.2) is 35.3 Å². The fraction of sp³-hybridized carbons (Fsp3) is 0.625. The first kappa shape index (κ1) is 22.6. The Hall–Kier alpha value is -3.17. The van der Waals surface area contributed by atoms with Crippen molar-refractivity contribution in [3.05, 3.63) is 44.2 Å². The van der Waals surface area contributed by atoms with E-state index < -0.39 is 5.97 Å². The highest BCUT2D eigenvalue weighted by Gasteiger charge is 2.51. The summed E-state index contributed by atoms with van der Waals surface area (Å²) in [6.45, 7) is 4.89. The Kier molecular flexibility index (Phi) is 5.49. The molecule has 0 unspecified atom stereocenters. The smallest absolute Gasteiger partial charge is 0.374 e. The molecule has 0 aliphatic heterocycles. The number of carboxylic acids is 1. The van der Waals surface area contributed by atoms with Crippen molar-refractivity contribution in [2.45, 2.75) is 90.1 Å². The maximum Gasteiger partial charge on any atom is 0.374 e. The van der Waals surface area contributed by atoms with Crippen molar-refractivity contribution in [3.63, 3.8) is 0 Å². The fourth-order valence-electron chi connectivity index (χ4n) is 6.03. The van der Waals surface area contributed by atoms with E-state index >= 15 is 0 Å². The lowest BCUT2D eigenvalue weighted by Gasteiger charge is -2.52. The molecule has 34 heavy (non-hydrogen) atoms. The van der Waals surface area contributed by atoms with Crippen molar-refractivity contribution >= 4 is 17.1 Å². The third-order valence-corrected chi connectivity index (χ3v) is 7.99. The lowest BCUT2D eigenvalue weighted by Crippen LogP contribution is -2.45. The normalized spacial score (nSPS) is 24.2. The zero-order valence-electron chi connectivity index (χ0n) is 19.7. The van der Waals surface area contributed by atoms with Crippen LogP contribution in [0, 0.1) is 5.41 Å². The van der Waals surface area contributed by atoms with E-state index in [1.54, 1.807) is 4.57 Å². The van der Waals surface area contributed by atoms with Gasteiger partial charge in [0.1, 0.15) is 11.5 Å². The standard InChI is InChI=1S/C24H31N5O5/c1-3-11-28-18-17(19(30)29(12-4-2)22(28)33)25-21(26-18)24-8-5-23(6-9-24,7-10-24)14-15-13-16(20(31)32)34-27-15/h13H,3-12,14H2,1-2H3,(H,25,26)(H,31,32). The topological polar surface area (TPSA) is 136 Å². The number of rotatable bonds is 8. The fourth-order valence-corrected chi connectivity index (χ4v) is 6.03. The van der Waals surface area contributed by atoms with Crippen LogP contribution in [-0.2, 0) is 24.9 Å². The van der Waals surface area contributed by atoms with Crippen LogP contribution in [0.25, 0.3) is 11.2 Å². The number of aryl methyl sites for hydroxylation is 1. The first-order chi connectivity index (χ1) is 16.3. The molecule has 3 aliphatic rings. The molecule has 0 amide bonds. The molecule has 0 spiro atoms. The van der Waals surface area contributed by atoms with Gasteiger partial charge in [0.25, 0.3) is 5.56 Å². The van der Waals surface area contributed by atoms with Crippen LogP contribution in [0.5, 0.6) is 0 Å². The van der Waals surface area contributed by atoms with Gasteiger partial charge < -0.3 is 14.6 Å². The maximum absolute atomic E-state index is 13.1. The number of hydrogen-bond donors (Lipinski definition) is 2. The van der Waals surface area contributed by atoms with E-state index in [-0.39, 0.29) is 27.8 Å². The Morgan fingerprint density at radius 1 is 1.09 bits per heavy atom. The number of carboxylic acid groups (broad SMARTS) is 1. The summed E-state index contributed by atoms with van der Waals surface area (Å²) in [6.07, 6.45) is 7.90. The van der Waals surface area contributed by atoms with Crippen molar-refractivity contribution in [1.82, 2.24) is 24.3 Å². The molecule has 0 atom stereocenters. The Balaban J connectivity index is 1.46. The molecular weight excluding hydrogens is 438 g/mol. The van der Waals surface area contributed by atoms with Crippen molar-refractivity contribution in [1.29, 1.82) is 0 Å². The molecule has 0 saturated heterocycles. The van der Waals surface area contributed by atoms with Crippen LogP contribution in [0.3, 0.4) is 0 Å². The monoisotopic (exact) mass is 469 g/mol. The van der Waals surface area contributed by atoms with E-state index in [2.05, 4.69) is 10.1 Å². The summed E-state index contributed by atoms with van der Waals surface area (Å²) in [4.78, 5) is 45.5. The molecule has 3 aromatic rings. The number of nitrogens with zero attached hydrogens (tertiary/aromatic N) is 4. The molecule has 0 radical (unpaired) electrons. The zero-order valence-corrected chi connectivity index (χ0v) is 19.7. The lowest BCUT2D eigenvalue weighted by molar-refractivity contribution is 0.0348. The Bertz CT molecular complexity index is 1340. The molecule has 0 aromatic carbocycles. The second-order valence-corrected chi connectivity index (χ2v) is 10.1. The molecule has 2 N–H and O–H groups in total. The molecule has 3 aromatic heterocycles. The number of hydrogen-bond acceptors (Lipinski definition) is 6. The predicted molar refractivity (Wildman–Crippen MR) is 124 cm³/mol. The number of aromatic nitrogens is 5. The van der Waals surface area contributed by atoms with Crippen LogP contribution in [0.2, 0.25) is 0 Å². The lowest BCUT2D eigenvalue weighted by atomic mass is 9.52. The minimum absolute atomic E-state index is 0.0819. The summed E-state index contributed by atoms with van der Waals surface area (Å²) < 4.78 is 7.93. The molecule has 3 aliphatic carbocycles. The van der Waals surface area contributed by atoms with Crippen molar-refractivity contribution in [2.24, 2.45) is 5.41 Å².